The molecule has 2 heterocycles. The molecule has 0 aliphatic carbocycles. The summed E-state index contributed by atoms with van der Waals surface area (Å²) in [6.07, 6.45) is 0. The van der Waals surface area contributed by atoms with Crippen LogP contribution in [0.1, 0.15) is 16.3 Å². The Balaban J connectivity index is 1.64. The predicted molar refractivity (Wildman–Crippen MR) is 108 cm³/mol. The van der Waals surface area contributed by atoms with Crippen LogP contribution in [0.15, 0.2) is 53.3 Å². The second-order valence-corrected chi connectivity index (χ2v) is 6.70. The van der Waals surface area contributed by atoms with Gasteiger partial charge in [-0.3, -0.25) is 9.59 Å². The van der Waals surface area contributed by atoms with E-state index in [1.54, 1.807) is 37.3 Å². The topological polar surface area (TPSA) is 80.2 Å². The molecule has 7 nitrogen and oxygen atoms in total. The first-order valence-corrected chi connectivity index (χ1v) is 8.85. The van der Waals surface area contributed by atoms with E-state index in [9.17, 15) is 9.59 Å². The number of carbonyl (C=O) groups is 1. The number of aromatic amines is 1. The molecule has 1 N–H and O–H groups in total. The third-order valence-corrected chi connectivity index (χ3v) is 4.87. The van der Waals surface area contributed by atoms with Crippen molar-refractivity contribution in [3.63, 3.8) is 0 Å². The van der Waals surface area contributed by atoms with Crippen LogP contribution >= 0.6 is 0 Å². The molecule has 0 bridgehead atoms. The van der Waals surface area contributed by atoms with Gasteiger partial charge in [-0.05, 0) is 30.3 Å². The smallest absolute Gasteiger partial charge is 0.270 e. The average Bonchev–Trinajstić information content (AvgIpc) is 3.03. The van der Waals surface area contributed by atoms with Crippen molar-refractivity contribution in [3.05, 3.63) is 70.4 Å². The Morgan fingerprint density at radius 2 is 2.00 bits per heavy atom. The van der Waals surface area contributed by atoms with Gasteiger partial charge in [0.05, 0.1) is 30.1 Å². The number of rotatable bonds is 4. The van der Waals surface area contributed by atoms with Crippen LogP contribution in [-0.4, -0.2) is 39.5 Å². The molecule has 0 aliphatic rings. The van der Waals surface area contributed by atoms with E-state index in [2.05, 4.69) is 9.97 Å². The van der Waals surface area contributed by atoms with E-state index in [4.69, 9.17) is 4.74 Å². The van der Waals surface area contributed by atoms with Gasteiger partial charge in [-0.25, -0.2) is 4.98 Å². The molecule has 2 aromatic carbocycles. The van der Waals surface area contributed by atoms with Crippen LogP contribution in [0.3, 0.4) is 0 Å². The van der Waals surface area contributed by atoms with Gasteiger partial charge in [0.2, 0.25) is 0 Å². The van der Waals surface area contributed by atoms with Crippen LogP contribution in [0, 0.1) is 0 Å². The molecule has 4 rings (SSSR count). The summed E-state index contributed by atoms with van der Waals surface area (Å²) in [7, 11) is 5.15. The molecule has 0 aliphatic heterocycles. The minimum atomic E-state index is -0.210. The largest absolute Gasteiger partial charge is 0.497 e. The van der Waals surface area contributed by atoms with E-state index < -0.39 is 0 Å². The van der Waals surface area contributed by atoms with E-state index in [1.165, 1.54) is 0 Å². The fraction of sp³-hybridized carbons (Fsp3) is 0.190. The van der Waals surface area contributed by atoms with Crippen LogP contribution in [0.4, 0.5) is 0 Å². The van der Waals surface area contributed by atoms with Crippen LogP contribution in [-0.2, 0) is 13.6 Å². The van der Waals surface area contributed by atoms with Gasteiger partial charge in [-0.1, -0.05) is 12.1 Å². The van der Waals surface area contributed by atoms with Crippen molar-refractivity contribution >= 4 is 27.7 Å². The summed E-state index contributed by atoms with van der Waals surface area (Å²) in [6.45, 7) is 0.198. The van der Waals surface area contributed by atoms with Gasteiger partial charge in [0.1, 0.15) is 17.3 Å². The van der Waals surface area contributed by atoms with Crippen LogP contribution in [0.2, 0.25) is 0 Å². The lowest BCUT2D eigenvalue weighted by Crippen LogP contribution is -2.29. The molecule has 142 valence electrons. The SMILES string of the molecule is COc1ccc2cc(C(=O)N(C)Cc3nc4ccccc4c(=O)[nH]3)n(C)c2c1. The van der Waals surface area contributed by atoms with E-state index >= 15 is 0 Å². The summed E-state index contributed by atoms with van der Waals surface area (Å²) in [5, 5.41) is 1.49. The average molecular weight is 376 g/mol. The monoisotopic (exact) mass is 376 g/mol. The van der Waals surface area contributed by atoms with Gasteiger partial charge in [0.25, 0.3) is 11.5 Å². The highest BCUT2D eigenvalue weighted by Crippen LogP contribution is 2.24. The summed E-state index contributed by atoms with van der Waals surface area (Å²) in [4.78, 5) is 34.0. The highest BCUT2D eigenvalue weighted by molar-refractivity contribution is 5.98. The number of carbonyl (C=O) groups excluding carboxylic acids is 1. The molecular weight excluding hydrogens is 356 g/mol. The molecule has 7 heteroatoms. The van der Waals surface area contributed by atoms with Crippen molar-refractivity contribution in [2.24, 2.45) is 7.05 Å². The van der Waals surface area contributed by atoms with Crippen LogP contribution < -0.4 is 10.3 Å². The summed E-state index contributed by atoms with van der Waals surface area (Å²) in [6, 6.07) is 14.7. The van der Waals surface area contributed by atoms with Crippen LogP contribution in [0.5, 0.6) is 5.75 Å². The fourth-order valence-electron chi connectivity index (χ4n) is 3.34. The Morgan fingerprint density at radius 1 is 1.21 bits per heavy atom. The number of hydrogen-bond acceptors (Lipinski definition) is 4. The lowest BCUT2D eigenvalue weighted by atomic mass is 10.2. The number of benzene rings is 2. The number of nitrogens with one attached hydrogen (secondary N) is 1. The number of aryl methyl sites for hydroxylation is 1. The van der Waals surface area contributed by atoms with E-state index in [-0.39, 0.29) is 18.0 Å². The molecule has 0 radical (unpaired) electrons. The van der Waals surface area contributed by atoms with Crippen molar-refractivity contribution in [2.75, 3.05) is 14.2 Å². The lowest BCUT2D eigenvalue weighted by molar-refractivity contribution is 0.0772. The Labute approximate surface area is 161 Å². The van der Waals surface area contributed by atoms with Crippen molar-refractivity contribution in [3.8, 4) is 5.75 Å². The Bertz CT molecular complexity index is 1260. The van der Waals surface area contributed by atoms with Crippen molar-refractivity contribution in [1.29, 1.82) is 0 Å². The first-order valence-electron chi connectivity index (χ1n) is 8.85. The number of ether oxygens (including phenoxy) is 1. The third kappa shape index (κ3) is 3.00. The maximum absolute atomic E-state index is 13.0. The molecule has 0 atom stereocenters. The molecule has 0 saturated heterocycles. The Morgan fingerprint density at radius 3 is 2.79 bits per heavy atom. The number of methoxy groups -OCH3 is 1. The van der Waals surface area contributed by atoms with Gasteiger partial charge >= 0.3 is 0 Å². The molecule has 28 heavy (non-hydrogen) atoms. The third-order valence-electron chi connectivity index (χ3n) is 4.87. The molecule has 0 spiro atoms. The lowest BCUT2D eigenvalue weighted by Gasteiger charge is -2.17. The number of H-pyrrole nitrogens is 1. The van der Waals surface area contributed by atoms with Gasteiger partial charge in [-0.2, -0.15) is 0 Å². The highest BCUT2D eigenvalue weighted by Gasteiger charge is 2.19. The van der Waals surface area contributed by atoms with Gasteiger partial charge in [0, 0.05) is 25.5 Å². The molecule has 1 amide bonds. The van der Waals surface area contributed by atoms with Gasteiger partial charge in [0.15, 0.2) is 0 Å². The maximum atomic E-state index is 13.0. The zero-order chi connectivity index (χ0) is 19.8. The number of para-hydroxylation sites is 1. The fourth-order valence-corrected chi connectivity index (χ4v) is 3.34. The van der Waals surface area contributed by atoms with Gasteiger partial charge < -0.3 is 19.2 Å². The highest BCUT2D eigenvalue weighted by atomic mass is 16.5. The quantitative estimate of drug-likeness (QED) is 0.594. The summed E-state index contributed by atoms with van der Waals surface area (Å²) < 4.78 is 7.11. The molecule has 0 unspecified atom stereocenters. The maximum Gasteiger partial charge on any atom is 0.270 e. The zero-order valence-electron chi connectivity index (χ0n) is 15.9. The van der Waals surface area contributed by atoms with Crippen LogP contribution in [0.25, 0.3) is 21.8 Å². The Hall–Kier alpha value is -3.61. The van der Waals surface area contributed by atoms with Crippen molar-refractivity contribution in [1.82, 2.24) is 19.4 Å². The summed E-state index contributed by atoms with van der Waals surface area (Å²) >= 11 is 0. The Kier molecular flexibility index (Phi) is 4.35. The zero-order valence-corrected chi connectivity index (χ0v) is 15.9. The number of amides is 1. The summed E-state index contributed by atoms with van der Waals surface area (Å²) in [5.74, 6) is 1.02. The first kappa shape index (κ1) is 17.8. The summed E-state index contributed by atoms with van der Waals surface area (Å²) in [5.41, 5.74) is 1.86. The number of nitrogens with zero attached hydrogens (tertiary/aromatic N) is 3. The number of fused-ring (bicyclic) bond motifs is 2. The number of aromatic nitrogens is 3. The van der Waals surface area contributed by atoms with Crippen molar-refractivity contribution < 1.29 is 9.53 Å². The standard InChI is InChI=1S/C21H20N4O3/c1-24(12-19-22-16-7-5-4-6-15(16)20(26)23-19)21(27)18-10-13-8-9-14(28-3)11-17(13)25(18)2/h4-11H,12H2,1-3H3,(H,22,23,26). The minimum absolute atomic E-state index is 0.159. The minimum Gasteiger partial charge on any atom is -0.497 e. The second kappa shape index (κ2) is 6.84. The predicted octanol–water partition coefficient (Wildman–Crippen LogP) is 2.70. The molecular formula is C21H20N4O3. The number of hydrogen-bond donors (Lipinski definition) is 1. The molecule has 0 fully saturated rings. The molecule has 2 aromatic heterocycles. The first-order chi connectivity index (χ1) is 13.5. The van der Waals surface area contributed by atoms with Crippen molar-refractivity contribution in [2.45, 2.75) is 6.54 Å². The normalized spacial score (nSPS) is 11.1. The van der Waals surface area contributed by atoms with E-state index in [1.807, 2.05) is 41.9 Å². The second-order valence-electron chi connectivity index (χ2n) is 6.70. The molecule has 0 saturated carbocycles. The van der Waals surface area contributed by atoms with E-state index in [0.717, 1.165) is 16.7 Å². The van der Waals surface area contributed by atoms with E-state index in [0.29, 0.717) is 22.4 Å². The van der Waals surface area contributed by atoms with Gasteiger partial charge in [-0.15, -0.1) is 0 Å². The molecule has 4 aromatic rings.